The summed E-state index contributed by atoms with van der Waals surface area (Å²) in [6.45, 7) is 0.758. The Morgan fingerprint density at radius 3 is 2.29 bits per heavy atom. The number of hydrogen-bond acceptors (Lipinski definition) is 3. The van der Waals surface area contributed by atoms with Gasteiger partial charge in [-0.15, -0.1) is 0 Å². The summed E-state index contributed by atoms with van der Waals surface area (Å²) in [6, 6.07) is 6.51. The third kappa shape index (κ3) is 4.02. The summed E-state index contributed by atoms with van der Waals surface area (Å²) in [5, 5.41) is 3.14. The van der Waals surface area contributed by atoms with E-state index in [1.165, 1.54) is 12.1 Å². The van der Waals surface area contributed by atoms with E-state index in [9.17, 15) is 8.78 Å². The van der Waals surface area contributed by atoms with Gasteiger partial charge in [-0.2, -0.15) is 8.78 Å². The molecule has 1 N–H and O–H groups in total. The molecule has 2 aromatic rings. The Morgan fingerprint density at radius 1 is 1.19 bits per heavy atom. The van der Waals surface area contributed by atoms with Crippen molar-refractivity contribution in [1.82, 2.24) is 0 Å². The molecular formula is C14H13Cl2F2NO2. The second kappa shape index (κ2) is 6.54. The van der Waals surface area contributed by atoms with Gasteiger partial charge in [0.25, 0.3) is 0 Å². The van der Waals surface area contributed by atoms with Gasteiger partial charge in [0, 0.05) is 5.69 Å². The first-order valence-corrected chi connectivity index (χ1v) is 6.89. The quantitative estimate of drug-likeness (QED) is 0.764. The molecule has 0 fully saturated rings. The molecule has 1 heterocycles. The number of furan rings is 1. The van der Waals surface area contributed by atoms with Crippen LogP contribution in [0.25, 0.3) is 0 Å². The molecule has 0 aliphatic carbocycles. The molecule has 0 radical (unpaired) electrons. The van der Waals surface area contributed by atoms with Gasteiger partial charge < -0.3 is 14.5 Å². The molecule has 114 valence electrons. The Bertz CT molecular complexity index is 608. The van der Waals surface area contributed by atoms with E-state index in [2.05, 4.69) is 10.1 Å². The van der Waals surface area contributed by atoms with Crippen molar-refractivity contribution in [2.75, 3.05) is 5.32 Å². The normalized spacial score (nSPS) is 12.5. The largest absolute Gasteiger partial charge is 0.464 e. The molecule has 0 spiro atoms. The van der Waals surface area contributed by atoms with Crippen LogP contribution in [0.2, 0.25) is 10.0 Å². The van der Waals surface area contributed by atoms with E-state index in [1.807, 2.05) is 26.0 Å². The van der Waals surface area contributed by atoms with Gasteiger partial charge in [0.15, 0.2) is 5.75 Å². The molecule has 1 atom stereocenters. The summed E-state index contributed by atoms with van der Waals surface area (Å²) in [5.41, 5.74) is 0.577. The van der Waals surface area contributed by atoms with Gasteiger partial charge in [-0.1, -0.05) is 23.2 Å². The lowest BCUT2D eigenvalue weighted by Crippen LogP contribution is -2.07. The molecule has 7 heteroatoms. The first-order valence-electron chi connectivity index (χ1n) is 6.13. The Balaban J connectivity index is 2.18. The Morgan fingerprint density at radius 2 is 1.81 bits per heavy atom. The van der Waals surface area contributed by atoms with Crippen LogP contribution in [0.15, 0.2) is 28.7 Å². The molecule has 21 heavy (non-hydrogen) atoms. The van der Waals surface area contributed by atoms with Crippen LogP contribution < -0.4 is 10.1 Å². The smallest absolute Gasteiger partial charge is 0.387 e. The third-order valence-electron chi connectivity index (χ3n) is 2.78. The van der Waals surface area contributed by atoms with Gasteiger partial charge in [0.05, 0.1) is 16.1 Å². The first-order chi connectivity index (χ1) is 9.86. The van der Waals surface area contributed by atoms with Gasteiger partial charge in [-0.05, 0) is 38.1 Å². The number of benzene rings is 1. The molecular weight excluding hydrogens is 323 g/mol. The fraction of sp³-hybridized carbons (Fsp3) is 0.286. The Labute approximate surface area is 130 Å². The standard InChI is InChI=1S/C14H13Cl2F2NO2/c1-7-3-4-12(20-7)8(2)19-9-5-10(15)13(11(16)6-9)21-14(17)18/h3-6,8,14,19H,1-2H3. The van der Waals surface area contributed by atoms with E-state index in [0.717, 1.165) is 11.5 Å². The Hall–Kier alpha value is -1.46. The molecule has 0 amide bonds. The van der Waals surface area contributed by atoms with Crippen LogP contribution in [0, 0.1) is 6.92 Å². The van der Waals surface area contributed by atoms with Gasteiger partial charge in [-0.3, -0.25) is 0 Å². The van der Waals surface area contributed by atoms with Crippen LogP contribution in [0.3, 0.4) is 0 Å². The summed E-state index contributed by atoms with van der Waals surface area (Å²) in [7, 11) is 0. The molecule has 0 saturated heterocycles. The van der Waals surface area contributed by atoms with Gasteiger partial charge >= 0.3 is 6.61 Å². The number of nitrogens with one attached hydrogen (secondary N) is 1. The minimum absolute atomic E-state index is 0.00752. The minimum atomic E-state index is -2.98. The molecule has 1 unspecified atom stereocenters. The maximum absolute atomic E-state index is 12.2. The Kier molecular flexibility index (Phi) is 4.96. The molecule has 2 rings (SSSR count). The predicted octanol–water partition coefficient (Wildman–Crippen LogP) is 5.67. The summed E-state index contributed by atoms with van der Waals surface area (Å²) in [5.74, 6) is 1.31. The average Bonchev–Trinajstić information content (AvgIpc) is 2.80. The molecule has 0 bridgehead atoms. The van der Waals surface area contributed by atoms with Crippen molar-refractivity contribution in [2.24, 2.45) is 0 Å². The van der Waals surface area contributed by atoms with Crippen LogP contribution in [0.4, 0.5) is 14.5 Å². The van der Waals surface area contributed by atoms with E-state index < -0.39 is 6.61 Å². The van der Waals surface area contributed by atoms with Crippen molar-refractivity contribution < 1.29 is 17.9 Å². The van der Waals surface area contributed by atoms with Crippen LogP contribution in [-0.2, 0) is 0 Å². The predicted molar refractivity (Wildman–Crippen MR) is 78.6 cm³/mol. The number of alkyl halides is 2. The maximum atomic E-state index is 12.2. The topological polar surface area (TPSA) is 34.4 Å². The zero-order chi connectivity index (χ0) is 15.6. The SMILES string of the molecule is Cc1ccc(C(C)Nc2cc(Cl)c(OC(F)F)c(Cl)c2)o1. The van der Waals surface area contributed by atoms with Crippen molar-refractivity contribution in [3.05, 3.63) is 45.8 Å². The summed E-state index contributed by atoms with van der Waals surface area (Å²) in [4.78, 5) is 0. The first kappa shape index (κ1) is 15.9. The third-order valence-corrected chi connectivity index (χ3v) is 3.34. The van der Waals surface area contributed by atoms with Gasteiger partial charge in [0.2, 0.25) is 0 Å². The minimum Gasteiger partial charge on any atom is -0.464 e. The van der Waals surface area contributed by atoms with Crippen LogP contribution >= 0.6 is 23.2 Å². The highest BCUT2D eigenvalue weighted by molar-refractivity contribution is 6.37. The van der Waals surface area contributed by atoms with E-state index in [-0.39, 0.29) is 21.8 Å². The summed E-state index contributed by atoms with van der Waals surface area (Å²) >= 11 is 11.8. The lowest BCUT2D eigenvalue weighted by Gasteiger charge is -2.15. The molecule has 1 aromatic heterocycles. The molecule has 1 aromatic carbocycles. The monoisotopic (exact) mass is 335 g/mol. The van der Waals surface area contributed by atoms with Crippen molar-refractivity contribution in [2.45, 2.75) is 26.5 Å². The molecule has 0 saturated carbocycles. The number of hydrogen-bond donors (Lipinski definition) is 1. The summed E-state index contributed by atoms with van der Waals surface area (Å²) in [6.07, 6.45) is 0. The molecule has 0 aliphatic rings. The maximum Gasteiger partial charge on any atom is 0.387 e. The lowest BCUT2D eigenvalue weighted by atomic mass is 10.2. The second-order valence-corrected chi connectivity index (χ2v) is 5.28. The highest BCUT2D eigenvalue weighted by Crippen LogP contribution is 2.37. The average molecular weight is 336 g/mol. The van der Waals surface area contributed by atoms with E-state index in [1.54, 1.807) is 0 Å². The molecule has 3 nitrogen and oxygen atoms in total. The van der Waals surface area contributed by atoms with Crippen molar-refractivity contribution in [1.29, 1.82) is 0 Å². The molecule has 0 aliphatic heterocycles. The van der Waals surface area contributed by atoms with Gasteiger partial charge in [0.1, 0.15) is 11.5 Å². The van der Waals surface area contributed by atoms with Crippen molar-refractivity contribution >= 4 is 28.9 Å². The summed E-state index contributed by atoms with van der Waals surface area (Å²) < 4.78 is 34.3. The highest BCUT2D eigenvalue weighted by atomic mass is 35.5. The number of rotatable bonds is 5. The number of ether oxygens (including phenoxy) is 1. The van der Waals surface area contributed by atoms with Crippen LogP contribution in [0.5, 0.6) is 5.75 Å². The van der Waals surface area contributed by atoms with Crippen LogP contribution in [-0.4, -0.2) is 6.61 Å². The number of anilines is 1. The second-order valence-electron chi connectivity index (χ2n) is 4.46. The lowest BCUT2D eigenvalue weighted by molar-refractivity contribution is -0.0497. The van der Waals surface area contributed by atoms with Crippen LogP contribution in [0.1, 0.15) is 24.5 Å². The fourth-order valence-corrected chi connectivity index (χ4v) is 2.43. The van der Waals surface area contributed by atoms with E-state index in [4.69, 9.17) is 27.6 Å². The fourth-order valence-electron chi connectivity index (χ4n) is 1.85. The van der Waals surface area contributed by atoms with Crippen molar-refractivity contribution in [3.8, 4) is 5.75 Å². The number of halogens is 4. The van der Waals surface area contributed by atoms with E-state index >= 15 is 0 Å². The zero-order valence-corrected chi connectivity index (χ0v) is 12.8. The van der Waals surface area contributed by atoms with Crippen molar-refractivity contribution in [3.63, 3.8) is 0 Å². The van der Waals surface area contributed by atoms with E-state index in [0.29, 0.717) is 5.69 Å². The van der Waals surface area contributed by atoms with Gasteiger partial charge in [-0.25, -0.2) is 0 Å². The highest BCUT2D eigenvalue weighted by Gasteiger charge is 2.16. The zero-order valence-electron chi connectivity index (χ0n) is 11.3. The number of aryl methyl sites for hydroxylation is 1.